The van der Waals surface area contributed by atoms with Crippen molar-refractivity contribution in [3.8, 4) is 0 Å². The van der Waals surface area contributed by atoms with Crippen molar-refractivity contribution in [2.75, 3.05) is 158 Å². The number of rotatable bonds is 68. The minimum absolute atomic E-state index is 0.000634. The van der Waals surface area contributed by atoms with E-state index in [4.69, 9.17) is 75.8 Å². The van der Waals surface area contributed by atoms with Crippen LogP contribution in [0, 0.1) is 5.41 Å². The summed E-state index contributed by atoms with van der Waals surface area (Å²) in [7, 11) is 0. The van der Waals surface area contributed by atoms with E-state index in [1.165, 1.54) is 27.7 Å². The van der Waals surface area contributed by atoms with Gasteiger partial charge in [-0.05, 0) is 27.7 Å². The normalized spacial score (nSPS) is 25.1. The molecule has 0 saturated carbocycles. The molecule has 56 nitrogen and oxygen atoms in total. The van der Waals surface area contributed by atoms with Gasteiger partial charge in [-0.1, -0.05) is 20.9 Å². The first-order chi connectivity index (χ1) is 65.8. The molecule has 8 rings (SSSR count). The summed E-state index contributed by atoms with van der Waals surface area (Å²) in [5.74, 6) is -3.70. The van der Waals surface area contributed by atoms with E-state index in [1.807, 2.05) is 0 Å². The molecule has 0 unspecified atom stereocenters. The maximum Gasteiger partial charge on any atom is 0.223 e. The highest BCUT2D eigenvalue weighted by Gasteiger charge is 2.46. The van der Waals surface area contributed by atoms with Crippen LogP contribution in [0.1, 0.15) is 102 Å². The fourth-order valence-electron chi connectivity index (χ4n) is 13.6. The van der Waals surface area contributed by atoms with Gasteiger partial charge in [-0.25, -0.2) is 18.7 Å². The van der Waals surface area contributed by atoms with Crippen LogP contribution in [-0.4, -0.2) is 449 Å². The minimum Gasteiger partial charge on any atom is -0.388 e. The molecule has 137 heavy (non-hydrogen) atoms. The van der Waals surface area contributed by atoms with Crippen molar-refractivity contribution in [3.05, 3.63) is 47.6 Å². The van der Waals surface area contributed by atoms with Crippen LogP contribution in [-0.2, 0) is 167 Å². The lowest BCUT2D eigenvalue weighted by atomic mass is 9.92. The van der Waals surface area contributed by atoms with Crippen LogP contribution in [0.5, 0.6) is 0 Å². The Bertz CT molecular complexity index is 3650. The van der Waals surface area contributed by atoms with Gasteiger partial charge in [0.25, 0.3) is 0 Å². The average Bonchev–Trinajstić information content (AvgIpc) is 1.76. The topological polar surface area (TPSA) is 746 Å². The number of hydrogen-bond acceptors (Lipinski definition) is 44. The third-order valence-electron chi connectivity index (χ3n) is 21.5. The first-order valence-corrected chi connectivity index (χ1v) is 45.4. The summed E-state index contributed by atoms with van der Waals surface area (Å²) < 4.78 is 98.9. The van der Waals surface area contributed by atoms with Crippen molar-refractivity contribution < 1.29 is 175 Å². The van der Waals surface area contributed by atoms with Crippen LogP contribution < -0.4 is 42.5 Å². The summed E-state index contributed by atoms with van der Waals surface area (Å²) in [6, 6.07) is 0. The Morgan fingerprint density at radius 2 is 0.467 bits per heavy atom. The summed E-state index contributed by atoms with van der Waals surface area (Å²) in [6.45, 7) is 9.32. The molecule has 0 radical (unpaired) electrons. The van der Waals surface area contributed by atoms with E-state index >= 15 is 0 Å². The van der Waals surface area contributed by atoms with Gasteiger partial charge in [-0.15, -0.1) is 20.4 Å². The number of carbonyl (C=O) groups excluding carboxylic acids is 8. The van der Waals surface area contributed by atoms with E-state index < -0.39 is 152 Å². The molecule has 8 heterocycles. The first-order valence-electron chi connectivity index (χ1n) is 45.4. The van der Waals surface area contributed by atoms with Gasteiger partial charge in [0.15, 0.2) is 24.9 Å². The van der Waals surface area contributed by atoms with Crippen LogP contribution in [0.4, 0.5) is 0 Å². The zero-order valence-corrected chi connectivity index (χ0v) is 77.2. The zero-order chi connectivity index (χ0) is 99.0. The van der Waals surface area contributed by atoms with Crippen molar-refractivity contribution in [3.63, 3.8) is 0 Å². The average molecular weight is 1970 g/mol. The monoisotopic (exact) mass is 1960 g/mol. The van der Waals surface area contributed by atoms with Crippen LogP contribution >= 0.6 is 0 Å². The molecule has 0 bridgehead atoms. The highest BCUT2D eigenvalue weighted by atomic mass is 16.6. The van der Waals surface area contributed by atoms with Gasteiger partial charge >= 0.3 is 0 Å². The molecule has 4 aliphatic heterocycles. The second-order valence-corrected chi connectivity index (χ2v) is 32.9. The van der Waals surface area contributed by atoms with E-state index in [0.717, 1.165) is 0 Å². The Morgan fingerprint density at radius 1 is 0.270 bits per heavy atom. The third-order valence-corrected chi connectivity index (χ3v) is 21.5. The van der Waals surface area contributed by atoms with E-state index in [-0.39, 0.29) is 260 Å². The van der Waals surface area contributed by atoms with E-state index in [2.05, 4.69) is 83.8 Å². The molecule has 4 aliphatic rings. The van der Waals surface area contributed by atoms with Gasteiger partial charge in [-0.3, -0.25) is 38.4 Å². The molecule has 4 fully saturated rings. The Morgan fingerprint density at radius 3 is 0.672 bits per heavy atom. The van der Waals surface area contributed by atoms with Gasteiger partial charge in [-0.2, -0.15) is 0 Å². The fourth-order valence-corrected chi connectivity index (χ4v) is 13.6. The van der Waals surface area contributed by atoms with E-state index in [0.29, 0.717) is 49.0 Å². The van der Waals surface area contributed by atoms with Gasteiger partial charge in [0.2, 0.25) is 47.3 Å². The number of aliphatic hydroxyl groups is 12. The lowest BCUT2D eigenvalue weighted by Gasteiger charge is -2.39. The Kier molecular flexibility index (Phi) is 51.1. The number of aliphatic hydroxyl groups excluding tert-OH is 12. The van der Waals surface area contributed by atoms with Gasteiger partial charge in [0.05, 0.1) is 239 Å². The molecule has 20 N–H and O–H groups in total. The number of aromatic nitrogens is 12. The predicted octanol–water partition coefficient (Wildman–Crippen LogP) is -11.3. The maximum absolute atomic E-state index is 12.4. The molecule has 8 amide bonds. The molecule has 0 aromatic carbocycles. The molecule has 776 valence electrons. The predicted molar refractivity (Wildman–Crippen MR) is 459 cm³/mol. The molecule has 4 aromatic heterocycles. The quantitative estimate of drug-likeness (QED) is 0.0183. The summed E-state index contributed by atoms with van der Waals surface area (Å²) >= 11 is 0. The fraction of sp³-hybridized carbons (Fsp3) is 0.802. The molecule has 20 atom stereocenters. The van der Waals surface area contributed by atoms with Crippen LogP contribution in [0.25, 0.3) is 0 Å². The van der Waals surface area contributed by atoms with Crippen molar-refractivity contribution in [1.29, 1.82) is 0 Å². The van der Waals surface area contributed by atoms with Crippen LogP contribution in [0.2, 0.25) is 0 Å². The molecule has 4 saturated heterocycles. The molecule has 56 heteroatoms. The third kappa shape index (κ3) is 41.5. The number of hydrogen-bond donors (Lipinski definition) is 20. The van der Waals surface area contributed by atoms with Gasteiger partial charge in [0, 0.05) is 77.5 Å². The standard InChI is InChI=1S/C81H136N20O36/c1-49-65(110)69(114)73(118)77(134-49)86-61(106)5-13-82-57(102)9-21-122-29-33-126-25-17-98-37-53(90-94-98)41-130-45-81(46-131-42-54-38-99(95-91-54)18-26-127-34-30-123-22-10-58(103)83-14-6-62(107)87-78-74(119)70(115)66(111)50(2)135-78,47-132-43-55-39-100(96-92-55)19-27-128-35-31-124-23-11-59(104)84-15-7-63(108)88-79-75(120)71(116)67(112)51(3)136-79)48-133-44-56-40-101(97-93-56)20-28-129-36-32-125-24-12-60(105)85-16-8-64(109)89-80-76(121)72(117)68(113)52(4)137-80/h37-40,49-52,65-80,110-121H,5-36,41-48H2,1-4H3,(H,82,102)(H,83,103)(H,84,104)(H,85,105)(H,86,106)(H,87,107)(H,88,108)(H,89,109)/t49-,50-,51-,52-,65+,66+,67+,68+,69+,70+,71+,72+,73-,74-,75-,76-,77+,78+,79+,80+/m0/s1. The second-order valence-electron chi connectivity index (χ2n) is 32.9. The van der Waals surface area contributed by atoms with Crippen molar-refractivity contribution >= 4 is 47.3 Å². The Labute approximate surface area is 787 Å². The molecular weight excluding hydrogens is 1830 g/mol. The lowest BCUT2D eigenvalue weighted by molar-refractivity contribution is -0.224. The van der Waals surface area contributed by atoms with Gasteiger partial charge < -0.3 is 180 Å². The molecule has 0 aliphatic carbocycles. The highest BCUT2D eigenvalue weighted by molar-refractivity contribution is 5.81. The number of nitrogens with zero attached hydrogens (tertiary/aromatic N) is 12. The number of nitrogens with one attached hydrogen (secondary N) is 8. The SMILES string of the molecule is C[C@@H]1O[C@@H](NC(=O)CCNC(=O)CCOCCOCCn2cc(COCC(COCc3cn(CCOCCOCCC(=O)NCCC(=O)N[C@@H]4O[C@@H](C)[C@@H](O)[C@@H](O)[C@@H]4O)nn3)(COCc3cn(CCOCCOCCC(=O)NCCC(=O)N[C@@H]4O[C@@H](C)[C@@H](O)[C@@H](O)[C@@H]4O)nn3)COCc3cn(CCOCCOCCC(=O)NCCC(=O)N[C@@H]4O[C@@H](C)[C@@H](O)[C@@H](O)[C@@H]4O)nn3)nn2)[C@@H](O)[C@H](O)[C@@H]1O. The number of carbonyl (C=O) groups is 8. The van der Waals surface area contributed by atoms with Crippen LogP contribution in [0.15, 0.2) is 24.8 Å². The summed E-state index contributed by atoms with van der Waals surface area (Å²) in [5.41, 5.74) is 0.746. The molecule has 0 spiro atoms. The summed E-state index contributed by atoms with van der Waals surface area (Å²) in [4.78, 5) is 99.5. The maximum atomic E-state index is 12.4. The lowest BCUT2D eigenvalue weighted by Crippen LogP contribution is -2.61. The van der Waals surface area contributed by atoms with Crippen LogP contribution in [0.3, 0.4) is 0 Å². The summed E-state index contributed by atoms with van der Waals surface area (Å²) in [6.07, 6.45) is -19.7. The zero-order valence-electron chi connectivity index (χ0n) is 77.2. The minimum atomic E-state index is -1.55. The van der Waals surface area contributed by atoms with Crippen molar-refractivity contribution in [1.82, 2.24) is 103 Å². The van der Waals surface area contributed by atoms with Crippen molar-refractivity contribution in [2.45, 2.75) is 254 Å². The van der Waals surface area contributed by atoms with E-state index in [9.17, 15) is 99.6 Å². The second kappa shape index (κ2) is 61.7. The number of ether oxygens (including phenoxy) is 16. The van der Waals surface area contributed by atoms with E-state index in [1.54, 1.807) is 43.5 Å². The largest absolute Gasteiger partial charge is 0.388 e. The molecular formula is C81H136N20O36. The first kappa shape index (κ1) is 113. The Hall–Kier alpha value is -8.80. The highest BCUT2D eigenvalue weighted by Crippen LogP contribution is 2.27. The smallest absolute Gasteiger partial charge is 0.223 e. The van der Waals surface area contributed by atoms with Crippen molar-refractivity contribution in [2.24, 2.45) is 5.41 Å². The van der Waals surface area contributed by atoms with Gasteiger partial charge in [0.1, 0.15) is 96.0 Å². The Balaban J connectivity index is 0.799. The number of amides is 8. The molecule has 4 aromatic rings. The summed E-state index contributed by atoms with van der Waals surface area (Å²) in [5, 5.41) is 175.